The molecule has 0 aromatic heterocycles. The van der Waals surface area contributed by atoms with Crippen LogP contribution in [0.2, 0.25) is 0 Å². The van der Waals surface area contributed by atoms with Crippen molar-refractivity contribution in [2.24, 2.45) is 5.41 Å². The first-order valence-corrected chi connectivity index (χ1v) is 13.0. The molecular weight excluding hydrogens is 498 g/mol. The Morgan fingerprint density at radius 2 is 1.20 bits per heavy atom. The van der Waals surface area contributed by atoms with E-state index in [1.807, 2.05) is 18.2 Å². The predicted octanol–water partition coefficient (Wildman–Crippen LogP) is 2.92. The van der Waals surface area contributed by atoms with E-state index >= 15 is 0 Å². The van der Waals surface area contributed by atoms with Gasteiger partial charge in [0.05, 0.1) is 32.8 Å². The van der Waals surface area contributed by atoms with Crippen molar-refractivity contribution in [3.8, 4) is 0 Å². The highest BCUT2D eigenvalue weighted by Crippen LogP contribution is 2.57. The molecule has 3 nitrogen and oxygen atoms in total. The molecule has 0 spiro atoms. The van der Waals surface area contributed by atoms with Crippen molar-refractivity contribution < 1.29 is 31.3 Å². The summed E-state index contributed by atoms with van der Waals surface area (Å²) in [5.41, 5.74) is 2.31. The van der Waals surface area contributed by atoms with E-state index in [-0.39, 0.29) is 22.4 Å². The molecule has 0 aliphatic carbocycles. The van der Waals surface area contributed by atoms with Gasteiger partial charge in [0, 0.05) is 31.3 Å². The highest BCUT2D eigenvalue weighted by Gasteiger charge is 2.60. The maximum absolute atomic E-state index is 12.5. The Morgan fingerprint density at radius 1 is 0.714 bits per heavy atom. The number of aliphatic hydroxyl groups is 1. The smallest absolute Gasteiger partial charge is 0.121 e. The number of ether oxygens (including phenoxy) is 1. The highest BCUT2D eigenvalue weighted by molar-refractivity contribution is 5.39. The van der Waals surface area contributed by atoms with Crippen LogP contribution in [0.25, 0.3) is 0 Å². The number of hydrogen-bond acceptors (Lipinski definition) is 2. The van der Waals surface area contributed by atoms with E-state index in [1.54, 1.807) is 0 Å². The van der Waals surface area contributed by atoms with E-state index in [4.69, 9.17) is 4.74 Å². The van der Waals surface area contributed by atoms with Gasteiger partial charge in [0.2, 0.25) is 0 Å². The molecule has 3 aromatic carbocycles. The molecule has 2 bridgehead atoms. The molecule has 3 fully saturated rings. The second-order valence-electron chi connectivity index (χ2n) is 10.5. The lowest BCUT2D eigenvalue weighted by Gasteiger charge is -2.60. The normalized spacial score (nSPS) is 23.6. The first-order chi connectivity index (χ1) is 16.7. The molecule has 3 aliphatic rings. The number of nitrogens with zero attached hydrogens (tertiary/aromatic N) is 1. The van der Waals surface area contributed by atoms with Gasteiger partial charge < -0.3 is 31.3 Å². The van der Waals surface area contributed by atoms with Crippen molar-refractivity contribution in [2.75, 3.05) is 32.8 Å². The molecule has 3 aliphatic heterocycles. The minimum Gasteiger partial charge on any atom is -1.00 e. The van der Waals surface area contributed by atoms with Crippen LogP contribution >= 0.6 is 0 Å². The number of hydrogen-bond donors (Lipinski definition) is 1. The summed E-state index contributed by atoms with van der Waals surface area (Å²) in [4.78, 5) is 0. The van der Waals surface area contributed by atoms with E-state index in [9.17, 15) is 5.11 Å². The molecule has 0 atom stereocenters. The number of halogens is 1. The molecule has 3 saturated heterocycles. The molecule has 4 heteroatoms. The fraction of sp³-hybridized carbons (Fsp3) is 0.419. The van der Waals surface area contributed by atoms with Gasteiger partial charge in [0.15, 0.2) is 0 Å². The lowest BCUT2D eigenvalue weighted by atomic mass is 9.56. The second-order valence-corrected chi connectivity index (χ2v) is 10.5. The third-order valence-corrected chi connectivity index (χ3v) is 8.63. The molecule has 0 amide bonds. The maximum Gasteiger partial charge on any atom is 0.121 e. The molecule has 35 heavy (non-hydrogen) atoms. The van der Waals surface area contributed by atoms with Crippen LogP contribution in [0.5, 0.6) is 0 Å². The number of piperidine rings is 3. The fourth-order valence-electron chi connectivity index (χ4n) is 6.50. The van der Waals surface area contributed by atoms with E-state index in [0.29, 0.717) is 6.61 Å². The first kappa shape index (κ1) is 26.1. The van der Waals surface area contributed by atoms with Crippen molar-refractivity contribution >= 4 is 0 Å². The molecule has 0 radical (unpaired) electrons. The maximum atomic E-state index is 12.5. The molecule has 0 unspecified atom stereocenters. The third-order valence-electron chi connectivity index (χ3n) is 8.63. The summed E-state index contributed by atoms with van der Waals surface area (Å²) >= 11 is 0. The summed E-state index contributed by atoms with van der Waals surface area (Å²) < 4.78 is 7.13. The average molecular weight is 537 g/mol. The SMILES string of the molecule is OC(c1ccccc1)(c1ccccc1)C12CC[N+](CCCCOCc3ccccc3)(CC1)CC2.[Br-]. The lowest BCUT2D eigenvalue weighted by molar-refractivity contribution is -0.946. The van der Waals surface area contributed by atoms with Gasteiger partial charge in [-0.2, -0.15) is 0 Å². The number of unbranched alkanes of at least 4 members (excludes halogenated alkanes) is 1. The summed E-state index contributed by atoms with van der Waals surface area (Å²) in [7, 11) is 0. The molecule has 6 rings (SSSR count). The number of fused-ring (bicyclic) bond motifs is 3. The van der Waals surface area contributed by atoms with Gasteiger partial charge >= 0.3 is 0 Å². The van der Waals surface area contributed by atoms with Crippen LogP contribution in [0.1, 0.15) is 48.8 Å². The number of quaternary nitrogens is 1. The van der Waals surface area contributed by atoms with Crippen LogP contribution in [-0.4, -0.2) is 42.4 Å². The van der Waals surface area contributed by atoms with Crippen molar-refractivity contribution in [1.29, 1.82) is 0 Å². The van der Waals surface area contributed by atoms with Gasteiger partial charge in [-0.15, -0.1) is 0 Å². The molecule has 1 N–H and O–H groups in total. The molecule has 3 aromatic rings. The molecule has 186 valence electrons. The minimum absolute atomic E-state index is 0. The Bertz CT molecular complexity index is 977. The quantitative estimate of drug-likeness (QED) is 0.319. The standard InChI is InChI=1S/C31H38NO2.BrH/c33-31(28-14-6-2-7-15-28,29-16-8-3-9-17-29)30-18-22-32(23-19-30,24-20-30)21-10-11-25-34-26-27-12-4-1-5-13-27;/h1-9,12-17,33H,10-11,18-26H2;1H/q+1;/p-1. The van der Waals surface area contributed by atoms with Crippen molar-refractivity contribution in [2.45, 2.75) is 44.3 Å². The molecule has 0 saturated carbocycles. The Morgan fingerprint density at radius 3 is 1.71 bits per heavy atom. The Labute approximate surface area is 221 Å². The van der Waals surface area contributed by atoms with Gasteiger partial charge in [0.1, 0.15) is 5.60 Å². The topological polar surface area (TPSA) is 29.5 Å². The van der Waals surface area contributed by atoms with Gasteiger partial charge in [-0.3, -0.25) is 0 Å². The van der Waals surface area contributed by atoms with E-state index in [2.05, 4.69) is 72.8 Å². The van der Waals surface area contributed by atoms with Crippen molar-refractivity contribution in [1.82, 2.24) is 0 Å². The predicted molar refractivity (Wildman–Crippen MR) is 137 cm³/mol. The average Bonchev–Trinajstić information content (AvgIpc) is 2.93. The van der Waals surface area contributed by atoms with Crippen LogP contribution in [-0.2, 0) is 16.9 Å². The number of rotatable bonds is 10. The summed E-state index contributed by atoms with van der Waals surface area (Å²) in [5, 5.41) is 12.5. The zero-order valence-corrected chi connectivity index (χ0v) is 22.2. The van der Waals surface area contributed by atoms with Crippen LogP contribution in [0, 0.1) is 5.41 Å². The third kappa shape index (κ3) is 5.27. The van der Waals surface area contributed by atoms with Gasteiger partial charge in [-0.05, 0) is 29.5 Å². The zero-order valence-electron chi connectivity index (χ0n) is 20.6. The highest BCUT2D eigenvalue weighted by atomic mass is 79.9. The van der Waals surface area contributed by atoms with E-state index in [1.165, 1.54) is 42.6 Å². The monoisotopic (exact) mass is 535 g/mol. The summed E-state index contributed by atoms with van der Waals surface area (Å²) in [6, 6.07) is 31.2. The van der Waals surface area contributed by atoms with Gasteiger partial charge in [0.25, 0.3) is 0 Å². The van der Waals surface area contributed by atoms with E-state index in [0.717, 1.165) is 43.4 Å². The number of benzene rings is 3. The second kappa shape index (κ2) is 11.4. The summed E-state index contributed by atoms with van der Waals surface area (Å²) in [6.07, 6.45) is 5.58. The molecule has 3 heterocycles. The lowest BCUT2D eigenvalue weighted by Crippen LogP contribution is -3.00. The Balaban J connectivity index is 0.00000289. The minimum atomic E-state index is -0.933. The van der Waals surface area contributed by atoms with E-state index < -0.39 is 5.60 Å². The summed E-state index contributed by atoms with van der Waals surface area (Å²) in [5.74, 6) is 0. The molecular formula is C31H38BrNO2. The van der Waals surface area contributed by atoms with Crippen molar-refractivity contribution in [3.05, 3.63) is 108 Å². The Hall–Kier alpha value is -1.98. The van der Waals surface area contributed by atoms with Crippen LogP contribution in [0.3, 0.4) is 0 Å². The van der Waals surface area contributed by atoms with Crippen molar-refractivity contribution in [3.63, 3.8) is 0 Å². The largest absolute Gasteiger partial charge is 1.00 e. The van der Waals surface area contributed by atoms with Gasteiger partial charge in [-0.1, -0.05) is 91.0 Å². The fourth-order valence-corrected chi connectivity index (χ4v) is 6.50. The van der Waals surface area contributed by atoms with Crippen LogP contribution in [0.4, 0.5) is 0 Å². The van der Waals surface area contributed by atoms with Crippen LogP contribution < -0.4 is 17.0 Å². The summed E-state index contributed by atoms with van der Waals surface area (Å²) in [6.45, 7) is 6.30. The van der Waals surface area contributed by atoms with Gasteiger partial charge in [-0.25, -0.2) is 0 Å². The zero-order chi connectivity index (χ0) is 23.3. The first-order valence-electron chi connectivity index (χ1n) is 13.0. The van der Waals surface area contributed by atoms with Crippen LogP contribution in [0.15, 0.2) is 91.0 Å². The Kier molecular flexibility index (Phi) is 8.49.